The number of nitrogens with zero attached hydrogens (tertiary/aromatic N) is 2. The lowest BCUT2D eigenvalue weighted by atomic mass is 9.84. The second-order valence-electron chi connectivity index (χ2n) is 4.51. The van der Waals surface area contributed by atoms with E-state index in [-0.39, 0.29) is 12.6 Å². The van der Waals surface area contributed by atoms with Crippen LogP contribution in [0.15, 0.2) is 9.98 Å². The van der Waals surface area contributed by atoms with Gasteiger partial charge in [0.15, 0.2) is 5.13 Å². The molecule has 1 saturated heterocycles. The molecule has 1 aromatic rings. The number of nitrogens with one attached hydrogen (secondary N) is 1. The van der Waals surface area contributed by atoms with Gasteiger partial charge in [-0.1, -0.05) is 18.3 Å². The van der Waals surface area contributed by atoms with Gasteiger partial charge in [0.05, 0.1) is 15.4 Å². The molecular weight excluding hydrogens is 334 g/mol. The molecule has 1 aromatic heterocycles. The van der Waals surface area contributed by atoms with Gasteiger partial charge in [0.2, 0.25) is 0 Å². The summed E-state index contributed by atoms with van der Waals surface area (Å²) in [5.41, 5.74) is -0.805. The van der Waals surface area contributed by atoms with Crippen LogP contribution in [0.1, 0.15) is 19.8 Å². The molecule has 2 heterocycles. The molecule has 0 aliphatic carbocycles. The molecule has 2 amide bonds. The third-order valence-electron chi connectivity index (χ3n) is 3.46. The van der Waals surface area contributed by atoms with Gasteiger partial charge in [0, 0.05) is 13.1 Å². The summed E-state index contributed by atoms with van der Waals surface area (Å²) in [6.45, 7) is 2.54. The smallest absolute Gasteiger partial charge is 0.323 e. The van der Waals surface area contributed by atoms with Crippen LogP contribution in [-0.2, 0) is 4.79 Å². The van der Waals surface area contributed by atoms with Crippen LogP contribution < -0.4 is 5.32 Å². The highest BCUT2D eigenvalue weighted by Crippen LogP contribution is 2.34. The predicted molar refractivity (Wildman–Crippen MR) is 75.4 cm³/mol. The number of carboxylic acid groups (broad SMARTS) is 1. The fraction of sp³-hybridized carbons (Fsp3) is 0.545. The number of rotatable bonds is 3. The Morgan fingerprint density at radius 2 is 2.42 bits per heavy atom. The second kappa shape index (κ2) is 5.46. The lowest BCUT2D eigenvalue weighted by Crippen LogP contribution is -2.38. The molecule has 104 valence electrons. The van der Waals surface area contributed by atoms with Crippen molar-refractivity contribution in [2.45, 2.75) is 19.8 Å². The summed E-state index contributed by atoms with van der Waals surface area (Å²) >= 11 is 4.58. The van der Waals surface area contributed by atoms with Crippen molar-refractivity contribution in [3.05, 3.63) is 9.98 Å². The molecule has 2 N–H and O–H groups in total. The van der Waals surface area contributed by atoms with Gasteiger partial charge in [-0.2, -0.15) is 0 Å². The monoisotopic (exact) mass is 347 g/mol. The Morgan fingerprint density at radius 1 is 1.68 bits per heavy atom. The number of aliphatic carboxylic acids is 1. The first-order valence-electron chi connectivity index (χ1n) is 5.87. The first kappa shape index (κ1) is 14.3. The average Bonchev–Trinajstić information content (AvgIpc) is 2.96. The van der Waals surface area contributed by atoms with E-state index in [1.807, 2.05) is 6.92 Å². The Balaban J connectivity index is 2.00. The van der Waals surface area contributed by atoms with Gasteiger partial charge in [0.25, 0.3) is 0 Å². The largest absolute Gasteiger partial charge is 0.481 e. The van der Waals surface area contributed by atoms with Gasteiger partial charge in [-0.25, -0.2) is 9.78 Å². The standard InChI is InChI=1S/C11H14BrN3O3S/c1-2-11(8(16)17)3-4-15(6-11)10(18)14-9-13-5-7(12)19-9/h5H,2-4,6H2,1H3,(H,16,17)(H,13,14,18). The number of likely N-dealkylation sites (tertiary alicyclic amines) is 1. The zero-order valence-corrected chi connectivity index (χ0v) is 12.8. The number of amides is 2. The van der Waals surface area contributed by atoms with E-state index in [4.69, 9.17) is 0 Å². The molecule has 0 radical (unpaired) electrons. The first-order valence-corrected chi connectivity index (χ1v) is 7.48. The van der Waals surface area contributed by atoms with Crippen molar-refractivity contribution in [2.24, 2.45) is 5.41 Å². The molecule has 1 fully saturated rings. The molecule has 0 aromatic carbocycles. The minimum absolute atomic E-state index is 0.247. The lowest BCUT2D eigenvalue weighted by molar-refractivity contribution is -0.148. The third-order valence-corrected chi connectivity index (χ3v) is 4.85. The Kier molecular flexibility index (Phi) is 4.10. The van der Waals surface area contributed by atoms with Crippen LogP contribution in [0.3, 0.4) is 0 Å². The number of hydrogen-bond donors (Lipinski definition) is 2. The van der Waals surface area contributed by atoms with Crippen LogP contribution in [0.5, 0.6) is 0 Å². The highest BCUT2D eigenvalue weighted by atomic mass is 79.9. The molecule has 6 nitrogen and oxygen atoms in total. The minimum atomic E-state index is -0.831. The van der Waals surface area contributed by atoms with Crippen LogP contribution in [0.2, 0.25) is 0 Å². The van der Waals surface area contributed by atoms with E-state index in [2.05, 4.69) is 26.2 Å². The zero-order valence-electron chi connectivity index (χ0n) is 10.4. The highest BCUT2D eigenvalue weighted by molar-refractivity contribution is 9.11. The van der Waals surface area contributed by atoms with E-state index in [1.54, 1.807) is 6.20 Å². The molecule has 0 spiro atoms. The van der Waals surface area contributed by atoms with E-state index >= 15 is 0 Å². The third kappa shape index (κ3) is 2.89. The van der Waals surface area contributed by atoms with Crippen LogP contribution in [0, 0.1) is 5.41 Å². The Hall–Kier alpha value is -1.15. The number of urea groups is 1. The summed E-state index contributed by atoms with van der Waals surface area (Å²) in [6.07, 6.45) is 2.63. The Labute approximate surface area is 122 Å². The predicted octanol–water partition coefficient (Wildman–Crippen LogP) is 2.62. The molecule has 0 saturated carbocycles. The molecule has 1 unspecified atom stereocenters. The summed E-state index contributed by atoms with van der Waals surface area (Å²) in [6, 6.07) is -0.293. The zero-order chi connectivity index (χ0) is 14.0. The quantitative estimate of drug-likeness (QED) is 0.880. The Bertz CT molecular complexity index is 507. The molecule has 8 heteroatoms. The average molecular weight is 348 g/mol. The van der Waals surface area contributed by atoms with Crippen molar-refractivity contribution in [2.75, 3.05) is 18.4 Å². The number of hydrogen-bond acceptors (Lipinski definition) is 4. The van der Waals surface area contributed by atoms with Gasteiger partial charge in [-0.15, -0.1) is 0 Å². The number of carbonyl (C=O) groups excluding carboxylic acids is 1. The van der Waals surface area contributed by atoms with Crippen LogP contribution in [0.25, 0.3) is 0 Å². The highest BCUT2D eigenvalue weighted by Gasteiger charge is 2.44. The number of aromatic nitrogens is 1. The molecule has 1 aliphatic heterocycles. The number of thiazole rings is 1. The fourth-order valence-electron chi connectivity index (χ4n) is 2.14. The number of carboxylic acids is 1. The maximum Gasteiger partial charge on any atom is 0.323 e. The normalized spacial score (nSPS) is 22.5. The van der Waals surface area contributed by atoms with Crippen molar-refractivity contribution in [1.82, 2.24) is 9.88 Å². The minimum Gasteiger partial charge on any atom is -0.481 e. The number of carbonyl (C=O) groups is 2. The molecular formula is C11H14BrN3O3S. The maximum atomic E-state index is 12.0. The molecule has 19 heavy (non-hydrogen) atoms. The van der Waals surface area contributed by atoms with Crippen molar-refractivity contribution in [1.29, 1.82) is 0 Å². The summed E-state index contributed by atoms with van der Waals surface area (Å²) in [5, 5.41) is 12.5. The first-order chi connectivity index (χ1) is 8.97. The van der Waals surface area contributed by atoms with Gasteiger partial charge in [-0.05, 0) is 28.8 Å². The van der Waals surface area contributed by atoms with Crippen molar-refractivity contribution < 1.29 is 14.7 Å². The summed E-state index contributed by atoms with van der Waals surface area (Å²) < 4.78 is 0.831. The summed E-state index contributed by atoms with van der Waals surface area (Å²) in [5.74, 6) is -0.831. The van der Waals surface area contributed by atoms with Crippen LogP contribution >= 0.6 is 27.3 Å². The topological polar surface area (TPSA) is 82.5 Å². The van der Waals surface area contributed by atoms with E-state index in [9.17, 15) is 14.7 Å². The van der Waals surface area contributed by atoms with Crippen LogP contribution in [-0.4, -0.2) is 40.1 Å². The summed E-state index contributed by atoms with van der Waals surface area (Å²) in [7, 11) is 0. The van der Waals surface area contributed by atoms with Gasteiger partial charge >= 0.3 is 12.0 Å². The second-order valence-corrected chi connectivity index (χ2v) is 6.92. The Morgan fingerprint density at radius 3 is 2.89 bits per heavy atom. The molecule has 1 atom stereocenters. The fourth-order valence-corrected chi connectivity index (χ4v) is 3.24. The van der Waals surface area contributed by atoms with Crippen LogP contribution in [0.4, 0.5) is 9.93 Å². The van der Waals surface area contributed by atoms with Crippen molar-refractivity contribution in [3.63, 3.8) is 0 Å². The number of anilines is 1. The van der Waals surface area contributed by atoms with E-state index < -0.39 is 11.4 Å². The van der Waals surface area contributed by atoms with Gasteiger partial charge in [-0.3, -0.25) is 10.1 Å². The maximum absolute atomic E-state index is 12.0. The molecule has 2 rings (SSSR count). The number of halogens is 1. The van der Waals surface area contributed by atoms with E-state index in [0.29, 0.717) is 24.5 Å². The summed E-state index contributed by atoms with van der Waals surface area (Å²) in [4.78, 5) is 28.9. The van der Waals surface area contributed by atoms with E-state index in [1.165, 1.54) is 16.2 Å². The molecule has 1 aliphatic rings. The van der Waals surface area contributed by atoms with Crippen molar-refractivity contribution >= 4 is 44.4 Å². The lowest BCUT2D eigenvalue weighted by Gasteiger charge is -2.22. The van der Waals surface area contributed by atoms with E-state index in [0.717, 1.165) is 3.79 Å². The SMILES string of the molecule is CCC1(C(=O)O)CCN(C(=O)Nc2ncc(Br)s2)C1. The van der Waals surface area contributed by atoms with Gasteiger partial charge < -0.3 is 10.0 Å². The molecule has 0 bridgehead atoms. The van der Waals surface area contributed by atoms with Gasteiger partial charge in [0.1, 0.15) is 0 Å². The van der Waals surface area contributed by atoms with Crippen molar-refractivity contribution in [3.8, 4) is 0 Å².